The van der Waals surface area contributed by atoms with Gasteiger partial charge in [-0.1, -0.05) is 48.5 Å². The fourth-order valence-corrected chi connectivity index (χ4v) is 3.36. The number of carbonyl (C=O) groups excluding carboxylic acids is 3. The number of amides is 2. The number of rotatable bonds is 10. The van der Waals surface area contributed by atoms with E-state index in [1.54, 1.807) is 35.2 Å². The van der Waals surface area contributed by atoms with Gasteiger partial charge in [0.1, 0.15) is 5.75 Å². The fourth-order valence-electron chi connectivity index (χ4n) is 3.36. The number of anilines is 1. The highest BCUT2D eigenvalue weighted by Gasteiger charge is 2.14. The van der Waals surface area contributed by atoms with Gasteiger partial charge in [0, 0.05) is 29.9 Å². The van der Waals surface area contributed by atoms with Gasteiger partial charge in [0.15, 0.2) is 13.2 Å². The molecule has 0 radical (unpaired) electrons. The third kappa shape index (κ3) is 6.68. The number of nitrogens with zero attached hydrogens (tertiary/aromatic N) is 1. The van der Waals surface area contributed by atoms with Gasteiger partial charge < -0.3 is 19.7 Å². The molecule has 3 aromatic carbocycles. The lowest BCUT2D eigenvalue weighted by Gasteiger charge is -2.18. The zero-order valence-corrected chi connectivity index (χ0v) is 19.3. The molecule has 0 spiro atoms. The Morgan fingerprint density at radius 1 is 0.794 bits per heavy atom. The van der Waals surface area contributed by atoms with E-state index >= 15 is 0 Å². The summed E-state index contributed by atoms with van der Waals surface area (Å²) in [5.41, 5.74) is 2.87. The van der Waals surface area contributed by atoms with Gasteiger partial charge in [-0.25, -0.2) is 4.79 Å². The lowest BCUT2D eigenvalue weighted by molar-refractivity contribution is -0.149. The number of carbonyl (C=O) groups is 3. The molecule has 0 aromatic heterocycles. The monoisotopic (exact) mass is 460 g/mol. The van der Waals surface area contributed by atoms with E-state index in [2.05, 4.69) is 5.32 Å². The number of hydrogen-bond donors (Lipinski definition) is 1. The van der Waals surface area contributed by atoms with Gasteiger partial charge in [-0.2, -0.15) is 0 Å². The molecule has 0 heterocycles. The first-order valence-corrected chi connectivity index (χ1v) is 11.1. The van der Waals surface area contributed by atoms with Gasteiger partial charge in [0.2, 0.25) is 0 Å². The van der Waals surface area contributed by atoms with Gasteiger partial charge in [-0.3, -0.25) is 9.59 Å². The molecule has 3 rings (SSSR count). The van der Waals surface area contributed by atoms with Crippen molar-refractivity contribution in [2.45, 2.75) is 13.8 Å². The molecule has 7 nitrogen and oxygen atoms in total. The predicted molar refractivity (Wildman–Crippen MR) is 131 cm³/mol. The van der Waals surface area contributed by atoms with E-state index in [1.807, 2.05) is 62.4 Å². The highest BCUT2D eigenvalue weighted by molar-refractivity contribution is 5.96. The van der Waals surface area contributed by atoms with Gasteiger partial charge in [-0.15, -0.1) is 0 Å². The Morgan fingerprint density at radius 3 is 2.12 bits per heavy atom. The molecular formula is C27H28N2O5. The molecule has 1 N–H and O–H groups in total. The van der Waals surface area contributed by atoms with Crippen LogP contribution in [0.5, 0.6) is 5.75 Å². The lowest BCUT2D eigenvalue weighted by atomic mass is 10.1. The van der Waals surface area contributed by atoms with Crippen molar-refractivity contribution in [1.82, 2.24) is 4.90 Å². The van der Waals surface area contributed by atoms with Gasteiger partial charge >= 0.3 is 5.97 Å². The summed E-state index contributed by atoms with van der Waals surface area (Å²) < 4.78 is 10.7. The highest BCUT2D eigenvalue weighted by atomic mass is 16.6. The van der Waals surface area contributed by atoms with Crippen molar-refractivity contribution in [3.05, 3.63) is 84.4 Å². The van der Waals surface area contributed by atoms with Crippen LogP contribution < -0.4 is 10.1 Å². The van der Waals surface area contributed by atoms with Crippen molar-refractivity contribution >= 4 is 23.5 Å². The minimum absolute atomic E-state index is 0.0642. The summed E-state index contributed by atoms with van der Waals surface area (Å²) in [6.07, 6.45) is 0. The molecule has 2 amide bonds. The Balaban J connectivity index is 1.47. The van der Waals surface area contributed by atoms with E-state index < -0.39 is 18.5 Å². The first-order valence-electron chi connectivity index (χ1n) is 11.1. The van der Waals surface area contributed by atoms with Crippen molar-refractivity contribution in [1.29, 1.82) is 0 Å². The van der Waals surface area contributed by atoms with Crippen LogP contribution in [0, 0.1) is 0 Å². The summed E-state index contributed by atoms with van der Waals surface area (Å²) in [5, 5.41) is 2.64. The van der Waals surface area contributed by atoms with Crippen molar-refractivity contribution in [3.63, 3.8) is 0 Å². The highest BCUT2D eigenvalue weighted by Crippen LogP contribution is 2.29. The van der Waals surface area contributed by atoms with E-state index in [4.69, 9.17) is 9.47 Å². The summed E-state index contributed by atoms with van der Waals surface area (Å²) in [5.74, 6) is -0.654. The maximum atomic E-state index is 12.4. The van der Waals surface area contributed by atoms with Crippen LogP contribution in [0.2, 0.25) is 0 Å². The molecule has 176 valence electrons. The summed E-state index contributed by atoms with van der Waals surface area (Å²) in [6.45, 7) is 4.33. The molecule has 0 saturated heterocycles. The number of ether oxygens (including phenoxy) is 2. The topological polar surface area (TPSA) is 84.9 Å². The average Bonchev–Trinajstić information content (AvgIpc) is 2.88. The smallest absolute Gasteiger partial charge is 0.344 e. The summed E-state index contributed by atoms with van der Waals surface area (Å²) in [4.78, 5) is 38.3. The normalized spacial score (nSPS) is 10.3. The van der Waals surface area contributed by atoms with E-state index in [9.17, 15) is 14.4 Å². The fraction of sp³-hybridized carbons (Fsp3) is 0.222. The second-order valence-corrected chi connectivity index (χ2v) is 7.41. The number of para-hydroxylation sites is 1. The summed E-state index contributed by atoms with van der Waals surface area (Å²) >= 11 is 0. The first kappa shape index (κ1) is 24.5. The first-order chi connectivity index (χ1) is 16.5. The van der Waals surface area contributed by atoms with Crippen molar-refractivity contribution in [3.8, 4) is 16.9 Å². The molecule has 7 heteroatoms. The number of esters is 1. The van der Waals surface area contributed by atoms with Crippen LogP contribution in [0.4, 0.5) is 5.69 Å². The van der Waals surface area contributed by atoms with E-state index in [0.29, 0.717) is 30.1 Å². The van der Waals surface area contributed by atoms with Gasteiger partial charge in [0.05, 0.1) is 0 Å². The molecule has 0 fully saturated rings. The van der Waals surface area contributed by atoms with Crippen molar-refractivity contribution < 1.29 is 23.9 Å². The SMILES string of the molecule is CCN(CC)C(=O)c1ccc(NC(=O)COC(=O)COc2ccccc2-c2ccccc2)cc1. The molecule has 0 atom stereocenters. The maximum absolute atomic E-state index is 12.4. The van der Waals surface area contributed by atoms with E-state index in [1.165, 1.54) is 0 Å². The Labute approximate surface area is 199 Å². The predicted octanol–water partition coefficient (Wildman–Crippen LogP) is 4.40. The summed E-state index contributed by atoms with van der Waals surface area (Å²) in [7, 11) is 0. The third-order valence-electron chi connectivity index (χ3n) is 5.15. The molecule has 0 aliphatic rings. The quantitative estimate of drug-likeness (QED) is 0.454. The van der Waals surface area contributed by atoms with Crippen LogP contribution >= 0.6 is 0 Å². The number of benzene rings is 3. The van der Waals surface area contributed by atoms with Gasteiger partial charge in [-0.05, 0) is 49.7 Å². The van der Waals surface area contributed by atoms with E-state index in [-0.39, 0.29) is 12.5 Å². The Kier molecular flexibility index (Phi) is 8.80. The summed E-state index contributed by atoms with van der Waals surface area (Å²) in [6, 6.07) is 23.7. The Bertz CT molecular complexity index is 1110. The van der Waals surface area contributed by atoms with Crippen LogP contribution in [0.3, 0.4) is 0 Å². The third-order valence-corrected chi connectivity index (χ3v) is 5.15. The van der Waals surface area contributed by atoms with Gasteiger partial charge in [0.25, 0.3) is 11.8 Å². The zero-order valence-electron chi connectivity index (χ0n) is 19.3. The minimum Gasteiger partial charge on any atom is -0.481 e. The molecule has 34 heavy (non-hydrogen) atoms. The molecule has 3 aromatic rings. The molecule has 0 unspecified atom stereocenters. The second kappa shape index (κ2) is 12.2. The molecular weight excluding hydrogens is 432 g/mol. The van der Waals surface area contributed by atoms with Crippen LogP contribution in [-0.2, 0) is 14.3 Å². The maximum Gasteiger partial charge on any atom is 0.344 e. The standard InChI is InChI=1S/C27H28N2O5/c1-3-29(4-2)27(32)21-14-16-22(17-15-21)28-25(30)18-34-26(31)19-33-24-13-9-8-12-23(24)20-10-6-5-7-11-20/h5-17H,3-4,18-19H2,1-2H3,(H,28,30). The zero-order chi connectivity index (χ0) is 24.3. The van der Waals surface area contributed by atoms with Crippen LogP contribution in [0.25, 0.3) is 11.1 Å². The minimum atomic E-state index is -0.654. The molecule has 0 aliphatic heterocycles. The number of hydrogen-bond acceptors (Lipinski definition) is 5. The molecule has 0 saturated carbocycles. The average molecular weight is 461 g/mol. The lowest BCUT2D eigenvalue weighted by Crippen LogP contribution is -2.30. The molecule has 0 aliphatic carbocycles. The molecule has 0 bridgehead atoms. The second-order valence-electron chi connectivity index (χ2n) is 7.41. The number of nitrogens with one attached hydrogen (secondary N) is 1. The van der Waals surface area contributed by atoms with Crippen molar-refractivity contribution in [2.24, 2.45) is 0 Å². The van der Waals surface area contributed by atoms with Crippen LogP contribution in [0.15, 0.2) is 78.9 Å². The van der Waals surface area contributed by atoms with Crippen LogP contribution in [0.1, 0.15) is 24.2 Å². The Morgan fingerprint density at radius 2 is 1.44 bits per heavy atom. The van der Waals surface area contributed by atoms with Crippen molar-refractivity contribution in [2.75, 3.05) is 31.6 Å². The Hall–Kier alpha value is -4.13. The largest absolute Gasteiger partial charge is 0.481 e. The van der Waals surface area contributed by atoms with E-state index in [0.717, 1.165) is 11.1 Å². The van der Waals surface area contributed by atoms with Crippen LogP contribution in [-0.4, -0.2) is 49.0 Å².